The molecule has 5 nitrogen and oxygen atoms in total. The van der Waals surface area contributed by atoms with Crippen molar-refractivity contribution in [1.29, 1.82) is 0 Å². The molecule has 0 heterocycles. The lowest BCUT2D eigenvalue weighted by Gasteiger charge is -2.14. The number of rotatable bonds is 7. The molecular weight excluding hydrogens is 358 g/mol. The van der Waals surface area contributed by atoms with Gasteiger partial charge < -0.3 is 16.0 Å². The van der Waals surface area contributed by atoms with Gasteiger partial charge in [0.2, 0.25) is 5.91 Å². The number of urea groups is 1. The summed E-state index contributed by atoms with van der Waals surface area (Å²) >= 11 is 1.84. The maximum Gasteiger partial charge on any atom is 0.315 e. The highest BCUT2D eigenvalue weighted by Crippen LogP contribution is 2.37. The average molecular weight is 384 g/mol. The molecule has 2 aromatic rings. The fourth-order valence-corrected chi connectivity index (χ4v) is 4.39. The third-order valence-electron chi connectivity index (χ3n) is 4.46. The first-order chi connectivity index (χ1) is 13.2. The number of amides is 3. The first-order valence-corrected chi connectivity index (χ1v) is 10.2. The molecule has 3 rings (SSSR count). The molecule has 0 bridgehead atoms. The van der Waals surface area contributed by atoms with Gasteiger partial charge in [0.15, 0.2) is 0 Å². The number of hydrogen-bond donors (Lipinski definition) is 3. The van der Waals surface area contributed by atoms with Crippen LogP contribution in [0, 0.1) is 0 Å². The standard InChI is InChI=1S/C21H25N3O2S/c25-20(15-23-21(26)22-14-16-8-2-1-3-9-16)24-18-12-6-7-13-19(18)27-17-10-4-5-11-17/h1-3,6-9,12-13,17H,4-5,10-11,14-15H2,(H,24,25)(H2,22,23,26). The van der Waals surface area contributed by atoms with Gasteiger partial charge >= 0.3 is 6.03 Å². The molecule has 1 aliphatic carbocycles. The summed E-state index contributed by atoms with van der Waals surface area (Å²) in [6, 6.07) is 17.1. The Kier molecular flexibility index (Phi) is 7.16. The highest BCUT2D eigenvalue weighted by molar-refractivity contribution is 8.00. The van der Waals surface area contributed by atoms with Crippen molar-refractivity contribution < 1.29 is 9.59 Å². The maximum absolute atomic E-state index is 12.2. The molecule has 3 N–H and O–H groups in total. The third kappa shape index (κ3) is 6.32. The van der Waals surface area contributed by atoms with Gasteiger partial charge in [-0.2, -0.15) is 0 Å². The molecular formula is C21H25N3O2S. The van der Waals surface area contributed by atoms with Crippen LogP contribution in [-0.4, -0.2) is 23.7 Å². The number of thioether (sulfide) groups is 1. The molecule has 0 saturated heterocycles. The van der Waals surface area contributed by atoms with E-state index in [1.165, 1.54) is 25.7 Å². The topological polar surface area (TPSA) is 70.2 Å². The van der Waals surface area contributed by atoms with E-state index in [4.69, 9.17) is 0 Å². The Morgan fingerprint density at radius 2 is 1.63 bits per heavy atom. The van der Waals surface area contributed by atoms with Gasteiger partial charge in [-0.3, -0.25) is 4.79 Å². The predicted molar refractivity (Wildman–Crippen MR) is 110 cm³/mol. The fraction of sp³-hybridized carbons (Fsp3) is 0.333. The summed E-state index contributed by atoms with van der Waals surface area (Å²) in [4.78, 5) is 25.2. The maximum atomic E-state index is 12.2. The van der Waals surface area contributed by atoms with Gasteiger partial charge in [-0.05, 0) is 30.5 Å². The molecule has 0 unspecified atom stereocenters. The van der Waals surface area contributed by atoms with Crippen LogP contribution in [-0.2, 0) is 11.3 Å². The zero-order valence-corrected chi connectivity index (χ0v) is 16.1. The largest absolute Gasteiger partial charge is 0.334 e. The quantitative estimate of drug-likeness (QED) is 0.672. The fourth-order valence-electron chi connectivity index (χ4n) is 3.05. The van der Waals surface area contributed by atoms with E-state index in [9.17, 15) is 9.59 Å². The van der Waals surface area contributed by atoms with Gasteiger partial charge in [0, 0.05) is 16.7 Å². The van der Waals surface area contributed by atoms with Crippen molar-refractivity contribution in [3.8, 4) is 0 Å². The Morgan fingerprint density at radius 3 is 2.41 bits per heavy atom. The first-order valence-electron chi connectivity index (χ1n) is 9.32. The van der Waals surface area contributed by atoms with E-state index >= 15 is 0 Å². The second-order valence-electron chi connectivity index (χ2n) is 6.59. The van der Waals surface area contributed by atoms with Gasteiger partial charge in [0.1, 0.15) is 0 Å². The van der Waals surface area contributed by atoms with E-state index in [0.717, 1.165) is 16.1 Å². The van der Waals surface area contributed by atoms with Crippen LogP contribution in [0.3, 0.4) is 0 Å². The molecule has 0 aliphatic heterocycles. The van der Waals surface area contributed by atoms with Crippen molar-refractivity contribution in [2.45, 2.75) is 42.4 Å². The number of nitrogens with one attached hydrogen (secondary N) is 3. The Hall–Kier alpha value is -2.47. The number of carbonyl (C=O) groups is 2. The highest BCUT2D eigenvalue weighted by Gasteiger charge is 2.18. The zero-order chi connectivity index (χ0) is 18.9. The summed E-state index contributed by atoms with van der Waals surface area (Å²) in [5.74, 6) is -0.232. The molecule has 0 radical (unpaired) electrons. The molecule has 0 atom stereocenters. The van der Waals surface area contributed by atoms with Crippen LogP contribution in [0.1, 0.15) is 31.2 Å². The van der Waals surface area contributed by atoms with Crippen molar-refractivity contribution >= 4 is 29.4 Å². The second-order valence-corrected chi connectivity index (χ2v) is 7.93. The van der Waals surface area contributed by atoms with E-state index in [2.05, 4.69) is 16.0 Å². The molecule has 0 aromatic heterocycles. The van der Waals surface area contributed by atoms with Gasteiger partial charge in [0.25, 0.3) is 0 Å². The van der Waals surface area contributed by atoms with Gasteiger partial charge in [-0.15, -0.1) is 11.8 Å². The number of benzene rings is 2. The number of anilines is 1. The van der Waals surface area contributed by atoms with Crippen LogP contribution >= 0.6 is 11.8 Å². The second kappa shape index (κ2) is 10.0. The summed E-state index contributed by atoms with van der Waals surface area (Å²) in [6.07, 6.45) is 5.04. The lowest BCUT2D eigenvalue weighted by molar-refractivity contribution is -0.115. The Bertz CT molecular complexity index is 761. The van der Waals surface area contributed by atoms with Gasteiger partial charge in [-0.1, -0.05) is 55.3 Å². The van der Waals surface area contributed by atoms with Crippen LogP contribution in [0.5, 0.6) is 0 Å². The summed E-state index contributed by atoms with van der Waals surface area (Å²) in [5.41, 5.74) is 1.82. The smallest absolute Gasteiger partial charge is 0.315 e. The number of carbonyl (C=O) groups excluding carboxylic acids is 2. The van der Waals surface area contributed by atoms with E-state index in [1.807, 2.05) is 66.4 Å². The summed E-state index contributed by atoms with van der Waals surface area (Å²) in [7, 11) is 0. The summed E-state index contributed by atoms with van der Waals surface area (Å²) in [6.45, 7) is 0.359. The summed E-state index contributed by atoms with van der Waals surface area (Å²) in [5, 5.41) is 8.88. The van der Waals surface area contributed by atoms with E-state index < -0.39 is 0 Å². The lowest BCUT2D eigenvalue weighted by atomic mass is 10.2. The molecule has 142 valence electrons. The van der Waals surface area contributed by atoms with E-state index in [0.29, 0.717) is 11.8 Å². The van der Waals surface area contributed by atoms with Gasteiger partial charge in [-0.25, -0.2) is 4.79 Å². The van der Waals surface area contributed by atoms with Crippen molar-refractivity contribution in [3.05, 3.63) is 60.2 Å². The van der Waals surface area contributed by atoms with Crippen LogP contribution in [0.4, 0.5) is 10.5 Å². The number of para-hydroxylation sites is 1. The van der Waals surface area contributed by atoms with E-state index in [1.54, 1.807) is 0 Å². The molecule has 1 aliphatic rings. The third-order valence-corrected chi connectivity index (χ3v) is 5.88. The van der Waals surface area contributed by atoms with Crippen molar-refractivity contribution in [1.82, 2.24) is 10.6 Å². The van der Waals surface area contributed by atoms with Crippen molar-refractivity contribution in [2.75, 3.05) is 11.9 Å². The van der Waals surface area contributed by atoms with Crippen LogP contribution < -0.4 is 16.0 Å². The zero-order valence-electron chi connectivity index (χ0n) is 15.2. The molecule has 3 amide bonds. The molecule has 27 heavy (non-hydrogen) atoms. The van der Waals surface area contributed by atoms with E-state index in [-0.39, 0.29) is 18.5 Å². The van der Waals surface area contributed by atoms with Crippen molar-refractivity contribution in [2.24, 2.45) is 0 Å². The molecule has 1 saturated carbocycles. The van der Waals surface area contributed by atoms with Crippen molar-refractivity contribution in [3.63, 3.8) is 0 Å². The van der Waals surface area contributed by atoms with Gasteiger partial charge in [0.05, 0.1) is 12.2 Å². The van der Waals surface area contributed by atoms with Crippen LogP contribution in [0.2, 0.25) is 0 Å². The summed E-state index contributed by atoms with van der Waals surface area (Å²) < 4.78 is 0. The first kappa shape index (κ1) is 19.3. The highest BCUT2D eigenvalue weighted by atomic mass is 32.2. The van der Waals surface area contributed by atoms with Crippen LogP contribution in [0.15, 0.2) is 59.5 Å². The average Bonchev–Trinajstić information content (AvgIpc) is 3.20. The predicted octanol–water partition coefficient (Wildman–Crippen LogP) is 4.16. The lowest BCUT2D eigenvalue weighted by Crippen LogP contribution is -2.39. The monoisotopic (exact) mass is 383 g/mol. The Morgan fingerprint density at radius 1 is 0.926 bits per heavy atom. The minimum absolute atomic E-state index is 0.0664. The number of hydrogen-bond acceptors (Lipinski definition) is 3. The molecule has 2 aromatic carbocycles. The minimum Gasteiger partial charge on any atom is -0.334 e. The minimum atomic E-state index is -0.359. The molecule has 1 fully saturated rings. The van der Waals surface area contributed by atoms with Crippen LogP contribution in [0.25, 0.3) is 0 Å². The SMILES string of the molecule is O=C(CNC(=O)NCc1ccccc1)Nc1ccccc1SC1CCCC1. The Balaban J connectivity index is 1.44. The molecule has 6 heteroatoms. The normalized spacial score (nSPS) is 13.9. The Labute approximate surface area is 164 Å². The molecule has 0 spiro atoms.